The van der Waals surface area contributed by atoms with Crippen molar-refractivity contribution >= 4 is 5.97 Å². The number of H-pyrrole nitrogens is 1. The van der Waals surface area contributed by atoms with E-state index < -0.39 is 5.97 Å². The van der Waals surface area contributed by atoms with Crippen LogP contribution in [-0.4, -0.2) is 54.0 Å². The fourth-order valence-corrected chi connectivity index (χ4v) is 3.34. The van der Waals surface area contributed by atoms with Crippen LogP contribution in [0, 0.1) is 12.8 Å². The zero-order chi connectivity index (χ0) is 17.3. The van der Waals surface area contributed by atoms with Crippen molar-refractivity contribution in [1.82, 2.24) is 29.9 Å². The highest BCUT2D eigenvalue weighted by molar-refractivity contribution is 5.67. The third-order valence-electron chi connectivity index (χ3n) is 4.25. The molecule has 0 spiro atoms. The summed E-state index contributed by atoms with van der Waals surface area (Å²) >= 11 is 0. The molecule has 0 aromatic carbocycles. The first-order chi connectivity index (χ1) is 11.4. The average Bonchev–Trinajstić information content (AvgIpc) is 3.03. The molecule has 0 saturated carbocycles. The van der Waals surface area contributed by atoms with E-state index >= 15 is 0 Å². The van der Waals surface area contributed by atoms with Crippen molar-refractivity contribution in [3.05, 3.63) is 39.8 Å². The second kappa shape index (κ2) is 6.52. The lowest BCUT2D eigenvalue weighted by Crippen LogP contribution is -2.23. The molecule has 9 nitrogen and oxygen atoms in total. The molecular formula is C15H20N6O3. The van der Waals surface area contributed by atoms with E-state index in [1.165, 1.54) is 6.07 Å². The standard InChI is InChI=1S/C15H20N6O3/c1-9-16-11(4-14(22)17-9)6-21-5-10(3-15(23)24)12(7-21)13-8-20(2)19-18-13/h4,8,10,12H,3,5-7H2,1-2H3,(H,23,24)(H,16,17,22)/t10-,12+/m0/s1. The first-order valence-electron chi connectivity index (χ1n) is 7.78. The molecule has 1 aliphatic rings. The lowest BCUT2D eigenvalue weighted by atomic mass is 9.91. The molecule has 24 heavy (non-hydrogen) atoms. The molecule has 128 valence electrons. The SMILES string of the molecule is Cc1nc(CN2C[C@H](CC(=O)O)[C@H](c3cn(C)nn3)C2)cc(=O)[nH]1. The third kappa shape index (κ3) is 3.67. The van der Waals surface area contributed by atoms with Gasteiger partial charge in [0.15, 0.2) is 0 Å². The minimum absolute atomic E-state index is 0.0119. The summed E-state index contributed by atoms with van der Waals surface area (Å²) in [5, 5.41) is 17.3. The number of carboxylic acid groups (broad SMARTS) is 1. The molecule has 0 aliphatic carbocycles. The lowest BCUT2D eigenvalue weighted by Gasteiger charge is -2.14. The van der Waals surface area contributed by atoms with Crippen molar-refractivity contribution in [3.63, 3.8) is 0 Å². The van der Waals surface area contributed by atoms with Crippen LogP contribution in [0.15, 0.2) is 17.1 Å². The van der Waals surface area contributed by atoms with Gasteiger partial charge in [0.1, 0.15) is 5.82 Å². The van der Waals surface area contributed by atoms with Gasteiger partial charge in [-0.1, -0.05) is 5.21 Å². The molecule has 1 saturated heterocycles. The van der Waals surface area contributed by atoms with Crippen molar-refractivity contribution in [2.75, 3.05) is 13.1 Å². The van der Waals surface area contributed by atoms with E-state index in [0.717, 1.165) is 5.69 Å². The minimum Gasteiger partial charge on any atom is -0.481 e. The molecule has 9 heteroatoms. The van der Waals surface area contributed by atoms with Gasteiger partial charge in [0.2, 0.25) is 0 Å². The molecule has 2 atom stereocenters. The van der Waals surface area contributed by atoms with E-state index in [-0.39, 0.29) is 23.8 Å². The van der Waals surface area contributed by atoms with Crippen LogP contribution < -0.4 is 5.56 Å². The molecule has 0 unspecified atom stereocenters. The van der Waals surface area contributed by atoms with Gasteiger partial charge in [-0.25, -0.2) is 4.98 Å². The summed E-state index contributed by atoms with van der Waals surface area (Å²) in [6.45, 7) is 3.55. The van der Waals surface area contributed by atoms with Gasteiger partial charge in [-0.15, -0.1) is 5.10 Å². The summed E-state index contributed by atoms with van der Waals surface area (Å²) in [7, 11) is 1.79. The lowest BCUT2D eigenvalue weighted by molar-refractivity contribution is -0.138. The molecule has 0 bridgehead atoms. The molecular weight excluding hydrogens is 312 g/mol. The molecule has 0 radical (unpaired) electrons. The van der Waals surface area contributed by atoms with Crippen molar-refractivity contribution in [2.45, 2.75) is 25.8 Å². The number of nitrogens with one attached hydrogen (secondary N) is 1. The highest BCUT2D eigenvalue weighted by atomic mass is 16.4. The largest absolute Gasteiger partial charge is 0.481 e. The minimum atomic E-state index is -0.819. The Bertz CT molecular complexity index is 799. The van der Waals surface area contributed by atoms with Crippen LogP contribution in [0.2, 0.25) is 0 Å². The van der Waals surface area contributed by atoms with E-state index in [4.69, 9.17) is 0 Å². The Morgan fingerprint density at radius 3 is 2.88 bits per heavy atom. The topological polar surface area (TPSA) is 117 Å². The number of aliphatic carboxylic acids is 1. The van der Waals surface area contributed by atoms with Crippen molar-refractivity contribution in [2.24, 2.45) is 13.0 Å². The van der Waals surface area contributed by atoms with Gasteiger partial charge in [0, 0.05) is 44.9 Å². The first kappa shape index (κ1) is 16.3. The maximum absolute atomic E-state index is 11.6. The third-order valence-corrected chi connectivity index (χ3v) is 4.25. The van der Waals surface area contributed by atoms with Crippen LogP contribution in [-0.2, 0) is 18.4 Å². The number of aromatic amines is 1. The van der Waals surface area contributed by atoms with Gasteiger partial charge >= 0.3 is 5.97 Å². The molecule has 2 aromatic heterocycles. The quantitative estimate of drug-likeness (QED) is 0.785. The number of hydrogen-bond donors (Lipinski definition) is 2. The second-order valence-corrected chi connectivity index (χ2v) is 6.30. The van der Waals surface area contributed by atoms with Gasteiger partial charge in [0.05, 0.1) is 17.8 Å². The molecule has 0 amide bonds. The summed E-state index contributed by atoms with van der Waals surface area (Å²) in [6.07, 6.45) is 1.91. The van der Waals surface area contributed by atoms with Gasteiger partial charge in [0.25, 0.3) is 5.56 Å². The van der Waals surface area contributed by atoms with E-state index in [9.17, 15) is 14.7 Å². The van der Waals surface area contributed by atoms with Crippen LogP contribution in [0.25, 0.3) is 0 Å². The Labute approximate surface area is 138 Å². The predicted octanol–water partition coefficient (Wildman–Crippen LogP) is -0.103. The number of likely N-dealkylation sites (tertiary alicyclic amines) is 1. The van der Waals surface area contributed by atoms with E-state index in [2.05, 4.69) is 25.2 Å². The number of rotatable bonds is 5. The molecule has 1 fully saturated rings. The Balaban J connectivity index is 1.78. The predicted molar refractivity (Wildman–Crippen MR) is 84.4 cm³/mol. The number of aromatic nitrogens is 5. The normalized spacial score (nSPS) is 21.2. The fraction of sp³-hybridized carbons (Fsp3) is 0.533. The first-order valence-corrected chi connectivity index (χ1v) is 7.78. The van der Waals surface area contributed by atoms with Crippen molar-refractivity contribution in [3.8, 4) is 0 Å². The summed E-state index contributed by atoms with van der Waals surface area (Å²) in [6, 6.07) is 1.48. The molecule has 3 rings (SSSR count). The van der Waals surface area contributed by atoms with Crippen LogP contribution in [0.5, 0.6) is 0 Å². The Kier molecular flexibility index (Phi) is 4.43. The van der Waals surface area contributed by atoms with E-state index in [1.807, 2.05) is 6.20 Å². The van der Waals surface area contributed by atoms with Gasteiger partial charge in [-0.3, -0.25) is 19.2 Å². The zero-order valence-corrected chi connectivity index (χ0v) is 13.6. The summed E-state index contributed by atoms with van der Waals surface area (Å²) in [5.74, 6) is -0.273. The fourth-order valence-electron chi connectivity index (χ4n) is 3.34. The molecule has 2 aromatic rings. The number of carboxylic acids is 1. The number of carbonyl (C=O) groups is 1. The summed E-state index contributed by atoms with van der Waals surface area (Å²) in [5.41, 5.74) is 1.32. The maximum Gasteiger partial charge on any atom is 0.303 e. The number of hydrogen-bond acceptors (Lipinski definition) is 6. The van der Waals surface area contributed by atoms with Crippen molar-refractivity contribution < 1.29 is 9.90 Å². The van der Waals surface area contributed by atoms with Crippen LogP contribution in [0.1, 0.15) is 29.6 Å². The summed E-state index contributed by atoms with van der Waals surface area (Å²) in [4.78, 5) is 31.8. The Morgan fingerprint density at radius 1 is 1.46 bits per heavy atom. The Morgan fingerprint density at radius 2 is 2.25 bits per heavy atom. The van der Waals surface area contributed by atoms with Gasteiger partial charge in [-0.05, 0) is 12.8 Å². The van der Waals surface area contributed by atoms with Crippen LogP contribution >= 0.6 is 0 Å². The van der Waals surface area contributed by atoms with E-state index in [0.29, 0.717) is 31.2 Å². The number of nitrogens with zero attached hydrogens (tertiary/aromatic N) is 5. The Hall–Kier alpha value is -2.55. The zero-order valence-electron chi connectivity index (χ0n) is 13.6. The van der Waals surface area contributed by atoms with E-state index in [1.54, 1.807) is 18.7 Å². The molecule has 2 N–H and O–H groups in total. The van der Waals surface area contributed by atoms with Gasteiger partial charge < -0.3 is 10.1 Å². The smallest absolute Gasteiger partial charge is 0.303 e. The maximum atomic E-state index is 11.6. The average molecular weight is 332 g/mol. The summed E-state index contributed by atoms with van der Waals surface area (Å²) < 4.78 is 1.62. The van der Waals surface area contributed by atoms with Gasteiger partial charge in [-0.2, -0.15) is 0 Å². The number of aryl methyl sites for hydroxylation is 2. The van der Waals surface area contributed by atoms with Crippen LogP contribution in [0.3, 0.4) is 0 Å². The second-order valence-electron chi connectivity index (χ2n) is 6.30. The monoisotopic (exact) mass is 332 g/mol. The van der Waals surface area contributed by atoms with Crippen LogP contribution in [0.4, 0.5) is 0 Å². The van der Waals surface area contributed by atoms with Crippen molar-refractivity contribution in [1.29, 1.82) is 0 Å². The highest BCUT2D eigenvalue weighted by Gasteiger charge is 2.36. The molecule has 3 heterocycles. The molecule has 1 aliphatic heterocycles. The highest BCUT2D eigenvalue weighted by Crippen LogP contribution is 2.34.